The number of rotatable bonds is 6. The predicted molar refractivity (Wildman–Crippen MR) is 71.1 cm³/mol. The van der Waals surface area contributed by atoms with Crippen molar-refractivity contribution in [1.82, 2.24) is 15.2 Å². The van der Waals surface area contributed by atoms with E-state index in [0.29, 0.717) is 6.54 Å². The lowest BCUT2D eigenvalue weighted by Crippen LogP contribution is -2.42. The van der Waals surface area contributed by atoms with Crippen molar-refractivity contribution in [1.29, 1.82) is 0 Å². The zero-order chi connectivity index (χ0) is 13.8. The summed E-state index contributed by atoms with van der Waals surface area (Å²) in [4.78, 5) is 29.4. The summed E-state index contributed by atoms with van der Waals surface area (Å²) in [7, 11) is 0. The van der Waals surface area contributed by atoms with E-state index in [2.05, 4.69) is 10.3 Å². The Kier molecular flexibility index (Phi) is 4.36. The summed E-state index contributed by atoms with van der Waals surface area (Å²) in [6.07, 6.45) is 1.92. The molecule has 1 aliphatic carbocycles. The number of nitrogens with zero attached hydrogens (tertiary/aromatic N) is 2. The number of aliphatic carboxylic acids is 1. The Balaban J connectivity index is 1.85. The maximum Gasteiger partial charge on any atom is 0.317 e. The molecule has 2 amide bonds. The minimum atomic E-state index is -0.878. The van der Waals surface area contributed by atoms with Crippen LogP contribution in [0.1, 0.15) is 29.8 Å². The minimum Gasteiger partial charge on any atom is -0.481 e. The maximum absolute atomic E-state index is 12.0. The number of hydrogen-bond acceptors (Lipinski definition) is 4. The molecule has 0 spiro atoms. The molecule has 2 rings (SSSR count). The van der Waals surface area contributed by atoms with Crippen molar-refractivity contribution in [2.75, 3.05) is 6.54 Å². The van der Waals surface area contributed by atoms with Crippen molar-refractivity contribution >= 4 is 23.3 Å². The Morgan fingerprint density at radius 1 is 1.58 bits per heavy atom. The molecule has 1 aromatic rings. The zero-order valence-electron chi connectivity index (χ0n) is 10.8. The lowest BCUT2D eigenvalue weighted by atomic mass is 10.3. The average Bonchev–Trinajstić information content (AvgIpc) is 3.10. The Hall–Kier alpha value is -1.63. The maximum atomic E-state index is 12.0. The van der Waals surface area contributed by atoms with Crippen LogP contribution in [0, 0.1) is 6.92 Å². The van der Waals surface area contributed by atoms with E-state index >= 15 is 0 Å². The smallest absolute Gasteiger partial charge is 0.317 e. The number of urea groups is 1. The SMILES string of the molecule is Cc1ncsc1CNC(=O)N(CCC(=O)O)C1CC1. The number of thiazole rings is 1. The molecule has 1 fully saturated rings. The summed E-state index contributed by atoms with van der Waals surface area (Å²) >= 11 is 1.51. The van der Waals surface area contributed by atoms with Crippen LogP contribution in [0.25, 0.3) is 0 Å². The molecule has 19 heavy (non-hydrogen) atoms. The zero-order valence-corrected chi connectivity index (χ0v) is 11.6. The van der Waals surface area contributed by atoms with Gasteiger partial charge < -0.3 is 15.3 Å². The highest BCUT2D eigenvalue weighted by atomic mass is 32.1. The summed E-state index contributed by atoms with van der Waals surface area (Å²) in [5.74, 6) is -0.878. The molecule has 0 aromatic carbocycles. The third-order valence-corrected chi connectivity index (χ3v) is 4.00. The number of aryl methyl sites for hydroxylation is 1. The second kappa shape index (κ2) is 6.01. The Morgan fingerprint density at radius 2 is 2.32 bits per heavy atom. The second-order valence-electron chi connectivity index (χ2n) is 4.59. The molecule has 104 valence electrons. The van der Waals surface area contributed by atoms with E-state index in [1.165, 1.54) is 11.3 Å². The second-order valence-corrected chi connectivity index (χ2v) is 5.53. The Bertz CT molecular complexity index is 471. The summed E-state index contributed by atoms with van der Waals surface area (Å²) in [5.41, 5.74) is 2.67. The molecule has 7 heteroatoms. The van der Waals surface area contributed by atoms with Gasteiger partial charge in [0.25, 0.3) is 0 Å². The molecular weight excluding hydrogens is 266 g/mol. The fraction of sp³-hybridized carbons (Fsp3) is 0.583. The third-order valence-electron chi connectivity index (χ3n) is 3.06. The Morgan fingerprint density at radius 3 is 2.84 bits per heavy atom. The molecule has 6 nitrogen and oxygen atoms in total. The van der Waals surface area contributed by atoms with Crippen molar-refractivity contribution in [3.05, 3.63) is 16.1 Å². The van der Waals surface area contributed by atoms with E-state index in [0.717, 1.165) is 23.4 Å². The molecule has 0 bridgehead atoms. The van der Waals surface area contributed by atoms with Gasteiger partial charge in [-0.2, -0.15) is 0 Å². The fourth-order valence-electron chi connectivity index (χ4n) is 1.81. The van der Waals surface area contributed by atoms with Crippen LogP contribution in [0.5, 0.6) is 0 Å². The van der Waals surface area contributed by atoms with Crippen LogP contribution in [-0.4, -0.2) is 39.6 Å². The van der Waals surface area contributed by atoms with E-state index < -0.39 is 5.97 Å². The van der Waals surface area contributed by atoms with Gasteiger partial charge in [-0.3, -0.25) is 4.79 Å². The normalized spacial score (nSPS) is 14.2. The van der Waals surface area contributed by atoms with Crippen molar-refractivity contribution in [3.8, 4) is 0 Å². The monoisotopic (exact) mass is 283 g/mol. The number of carbonyl (C=O) groups excluding carboxylic acids is 1. The number of nitrogens with one attached hydrogen (secondary N) is 1. The highest BCUT2D eigenvalue weighted by Gasteiger charge is 2.32. The van der Waals surface area contributed by atoms with Crippen molar-refractivity contribution < 1.29 is 14.7 Å². The first kappa shape index (κ1) is 13.8. The summed E-state index contributed by atoms with van der Waals surface area (Å²) < 4.78 is 0. The molecule has 2 N–H and O–H groups in total. The molecule has 1 saturated carbocycles. The van der Waals surface area contributed by atoms with Crippen LogP contribution in [0.4, 0.5) is 4.79 Å². The minimum absolute atomic E-state index is 0.0104. The first-order valence-corrected chi connectivity index (χ1v) is 7.11. The van der Waals surface area contributed by atoms with Gasteiger partial charge in [0.15, 0.2) is 0 Å². The van der Waals surface area contributed by atoms with E-state index in [4.69, 9.17) is 5.11 Å². The van der Waals surface area contributed by atoms with Gasteiger partial charge in [-0.25, -0.2) is 9.78 Å². The predicted octanol–water partition coefficient (Wildman–Crippen LogP) is 1.60. The van der Waals surface area contributed by atoms with Crippen LogP contribution in [0.2, 0.25) is 0 Å². The van der Waals surface area contributed by atoms with Gasteiger partial charge >= 0.3 is 12.0 Å². The van der Waals surface area contributed by atoms with Crippen molar-refractivity contribution in [2.24, 2.45) is 0 Å². The number of amides is 2. The van der Waals surface area contributed by atoms with Crippen molar-refractivity contribution in [3.63, 3.8) is 0 Å². The average molecular weight is 283 g/mol. The first-order valence-electron chi connectivity index (χ1n) is 6.23. The van der Waals surface area contributed by atoms with E-state index in [1.54, 1.807) is 10.4 Å². The number of carboxylic acid groups (broad SMARTS) is 1. The largest absolute Gasteiger partial charge is 0.481 e. The van der Waals surface area contributed by atoms with E-state index in [-0.39, 0.29) is 25.0 Å². The number of carbonyl (C=O) groups is 2. The first-order chi connectivity index (χ1) is 9.08. The van der Waals surface area contributed by atoms with Gasteiger partial charge in [-0.15, -0.1) is 11.3 Å². The van der Waals surface area contributed by atoms with Gasteiger partial charge in [0.1, 0.15) is 0 Å². The van der Waals surface area contributed by atoms with E-state index in [9.17, 15) is 9.59 Å². The van der Waals surface area contributed by atoms with Crippen molar-refractivity contribution in [2.45, 2.75) is 38.8 Å². The molecular formula is C12H17N3O3S. The Labute approximate surface area is 115 Å². The molecule has 0 saturated heterocycles. The highest BCUT2D eigenvalue weighted by Crippen LogP contribution is 2.27. The van der Waals surface area contributed by atoms with Crippen LogP contribution in [0.15, 0.2) is 5.51 Å². The molecule has 0 unspecified atom stereocenters. The molecule has 1 heterocycles. The van der Waals surface area contributed by atoms with Gasteiger partial charge in [-0.1, -0.05) is 0 Å². The summed E-state index contributed by atoms with van der Waals surface area (Å²) in [5, 5.41) is 11.5. The van der Waals surface area contributed by atoms with Gasteiger partial charge in [-0.05, 0) is 19.8 Å². The molecule has 1 aromatic heterocycles. The van der Waals surface area contributed by atoms with Gasteiger partial charge in [0, 0.05) is 17.5 Å². The summed E-state index contributed by atoms with van der Waals surface area (Å²) in [6.45, 7) is 2.63. The van der Waals surface area contributed by atoms with Crippen LogP contribution in [-0.2, 0) is 11.3 Å². The lowest BCUT2D eigenvalue weighted by Gasteiger charge is -2.21. The van der Waals surface area contributed by atoms with Gasteiger partial charge in [0.05, 0.1) is 24.2 Å². The summed E-state index contributed by atoms with van der Waals surface area (Å²) in [6, 6.07) is 0.0263. The van der Waals surface area contributed by atoms with E-state index in [1.807, 2.05) is 6.92 Å². The molecule has 0 radical (unpaired) electrons. The molecule has 0 aliphatic heterocycles. The number of carboxylic acids is 1. The fourth-order valence-corrected chi connectivity index (χ4v) is 2.52. The molecule has 1 aliphatic rings. The van der Waals surface area contributed by atoms with Crippen LogP contribution in [0.3, 0.4) is 0 Å². The number of hydrogen-bond donors (Lipinski definition) is 2. The van der Waals surface area contributed by atoms with Crippen LogP contribution >= 0.6 is 11.3 Å². The number of aromatic nitrogens is 1. The van der Waals surface area contributed by atoms with Crippen LogP contribution < -0.4 is 5.32 Å². The standard InChI is InChI=1S/C12H17N3O3S/c1-8-10(19-7-14-8)6-13-12(18)15(9-2-3-9)5-4-11(16)17/h7,9H,2-6H2,1H3,(H,13,18)(H,16,17). The topological polar surface area (TPSA) is 82.5 Å². The molecule has 0 atom stereocenters. The van der Waals surface area contributed by atoms with Gasteiger partial charge in [0.2, 0.25) is 0 Å². The quantitative estimate of drug-likeness (QED) is 0.830. The lowest BCUT2D eigenvalue weighted by molar-refractivity contribution is -0.137. The highest BCUT2D eigenvalue weighted by molar-refractivity contribution is 7.09. The third kappa shape index (κ3) is 3.92.